The van der Waals surface area contributed by atoms with Crippen molar-refractivity contribution in [2.45, 2.75) is 25.1 Å². The van der Waals surface area contributed by atoms with Crippen LogP contribution in [0.1, 0.15) is 24.5 Å². The van der Waals surface area contributed by atoms with E-state index in [4.69, 9.17) is 4.74 Å². The minimum atomic E-state index is -0.337. The Kier molecular flexibility index (Phi) is 6.63. The van der Waals surface area contributed by atoms with E-state index >= 15 is 0 Å². The second-order valence-electron chi connectivity index (χ2n) is 6.72. The molecule has 0 saturated heterocycles. The van der Waals surface area contributed by atoms with Crippen molar-refractivity contribution in [2.24, 2.45) is 0 Å². The van der Waals surface area contributed by atoms with Crippen molar-refractivity contribution in [2.75, 3.05) is 11.1 Å². The summed E-state index contributed by atoms with van der Waals surface area (Å²) < 4.78 is 7.99. The first-order valence-electron chi connectivity index (χ1n) is 9.67. The molecule has 4 aromatic rings. The summed E-state index contributed by atoms with van der Waals surface area (Å²) in [6.45, 7) is 3.83. The van der Waals surface area contributed by atoms with E-state index in [0.29, 0.717) is 16.1 Å². The molecule has 2 aromatic carbocycles. The molecule has 158 valence electrons. The molecule has 4 rings (SSSR count). The molecule has 1 N–H and O–H groups in total. The third kappa shape index (κ3) is 5.31. The van der Waals surface area contributed by atoms with Gasteiger partial charge in [0.2, 0.25) is 5.91 Å². The van der Waals surface area contributed by atoms with Crippen molar-refractivity contribution in [3.63, 3.8) is 0 Å². The van der Waals surface area contributed by atoms with Crippen molar-refractivity contribution in [1.82, 2.24) is 19.7 Å². The number of hydrogen-bond donors (Lipinski definition) is 1. The lowest BCUT2D eigenvalue weighted by molar-refractivity contribution is -0.113. The fraction of sp³-hybridized carbons (Fsp3) is 0.182. The van der Waals surface area contributed by atoms with Crippen LogP contribution in [0.2, 0.25) is 0 Å². The minimum Gasteiger partial charge on any atom is -0.483 e. The van der Waals surface area contributed by atoms with Crippen LogP contribution < -0.4 is 10.1 Å². The van der Waals surface area contributed by atoms with Gasteiger partial charge in [0.15, 0.2) is 22.2 Å². The predicted molar refractivity (Wildman–Crippen MR) is 123 cm³/mol. The Morgan fingerprint density at radius 3 is 2.52 bits per heavy atom. The number of ether oxygens (including phenoxy) is 1. The number of nitrogens with one attached hydrogen (secondary N) is 1. The van der Waals surface area contributed by atoms with Gasteiger partial charge in [0.05, 0.1) is 11.4 Å². The molecule has 7 nitrogen and oxygen atoms in total. The van der Waals surface area contributed by atoms with E-state index in [9.17, 15) is 4.79 Å². The molecular formula is C22H21N5O2S2. The molecule has 2 heterocycles. The first-order chi connectivity index (χ1) is 15.1. The highest BCUT2D eigenvalue weighted by Crippen LogP contribution is 2.28. The third-order valence-corrected chi connectivity index (χ3v) is 6.09. The zero-order chi connectivity index (χ0) is 21.6. The molecule has 0 spiro atoms. The number of para-hydroxylation sites is 2. The van der Waals surface area contributed by atoms with Crippen LogP contribution in [-0.4, -0.2) is 31.4 Å². The quantitative estimate of drug-likeness (QED) is 0.384. The summed E-state index contributed by atoms with van der Waals surface area (Å²) in [6.07, 6.45) is -0.337. The van der Waals surface area contributed by atoms with Crippen LogP contribution in [0.25, 0.3) is 5.69 Å². The number of rotatable bonds is 8. The third-order valence-electron chi connectivity index (χ3n) is 4.29. The summed E-state index contributed by atoms with van der Waals surface area (Å²) in [6, 6.07) is 19.4. The van der Waals surface area contributed by atoms with Gasteiger partial charge in [-0.05, 0) is 38.1 Å². The highest BCUT2D eigenvalue weighted by molar-refractivity contribution is 7.99. The summed E-state index contributed by atoms with van der Waals surface area (Å²) in [5.41, 5.74) is 1.79. The Hall–Kier alpha value is -3.17. The zero-order valence-corrected chi connectivity index (χ0v) is 18.7. The number of aryl methyl sites for hydroxylation is 1. The number of thiazole rings is 1. The molecular weight excluding hydrogens is 430 g/mol. The van der Waals surface area contributed by atoms with Gasteiger partial charge in [-0.2, -0.15) is 0 Å². The van der Waals surface area contributed by atoms with Crippen LogP contribution in [0.3, 0.4) is 0 Å². The smallest absolute Gasteiger partial charge is 0.236 e. The maximum atomic E-state index is 12.4. The largest absolute Gasteiger partial charge is 0.483 e. The van der Waals surface area contributed by atoms with Crippen LogP contribution in [0, 0.1) is 6.92 Å². The molecule has 0 aliphatic rings. The van der Waals surface area contributed by atoms with Gasteiger partial charge in [-0.1, -0.05) is 48.2 Å². The van der Waals surface area contributed by atoms with Crippen LogP contribution >= 0.6 is 23.1 Å². The molecule has 9 heteroatoms. The van der Waals surface area contributed by atoms with Gasteiger partial charge < -0.3 is 10.1 Å². The number of hydrogen-bond acceptors (Lipinski definition) is 7. The molecule has 0 radical (unpaired) electrons. The van der Waals surface area contributed by atoms with E-state index in [0.717, 1.165) is 17.1 Å². The Bertz CT molecular complexity index is 1150. The molecule has 0 saturated carbocycles. The lowest BCUT2D eigenvalue weighted by atomic mass is 10.3. The molecule has 0 bridgehead atoms. The normalized spacial score (nSPS) is 11.8. The van der Waals surface area contributed by atoms with Crippen LogP contribution in [0.5, 0.6) is 5.75 Å². The van der Waals surface area contributed by atoms with Gasteiger partial charge >= 0.3 is 0 Å². The zero-order valence-electron chi connectivity index (χ0n) is 17.1. The second kappa shape index (κ2) is 9.76. The SMILES string of the molecule is Cc1csc(NC(=O)CSc2nnc([C@H](C)Oc3ccccc3)n2-c2ccccc2)n1. The first-order valence-corrected chi connectivity index (χ1v) is 11.5. The van der Waals surface area contributed by atoms with E-state index in [2.05, 4.69) is 20.5 Å². The fourth-order valence-corrected chi connectivity index (χ4v) is 4.37. The van der Waals surface area contributed by atoms with E-state index in [1.54, 1.807) is 0 Å². The molecule has 1 atom stereocenters. The Labute approximate surface area is 188 Å². The predicted octanol–water partition coefficient (Wildman–Crippen LogP) is 4.90. The number of nitrogens with zero attached hydrogens (tertiary/aromatic N) is 4. The number of benzene rings is 2. The van der Waals surface area contributed by atoms with E-state index in [-0.39, 0.29) is 17.8 Å². The number of carbonyl (C=O) groups excluding carboxylic acids is 1. The second-order valence-corrected chi connectivity index (χ2v) is 8.52. The maximum absolute atomic E-state index is 12.4. The molecule has 2 aromatic heterocycles. The summed E-state index contributed by atoms with van der Waals surface area (Å²) >= 11 is 2.73. The van der Waals surface area contributed by atoms with Gasteiger partial charge in [0.1, 0.15) is 5.75 Å². The van der Waals surface area contributed by atoms with Crippen molar-refractivity contribution in [1.29, 1.82) is 0 Å². The van der Waals surface area contributed by atoms with Gasteiger partial charge in [-0.15, -0.1) is 21.5 Å². The molecule has 0 unspecified atom stereocenters. The lowest BCUT2D eigenvalue weighted by Gasteiger charge is -2.16. The minimum absolute atomic E-state index is 0.142. The summed E-state index contributed by atoms with van der Waals surface area (Å²) in [4.78, 5) is 16.6. The molecule has 0 fully saturated rings. The number of thioether (sulfide) groups is 1. The lowest BCUT2D eigenvalue weighted by Crippen LogP contribution is -2.15. The molecule has 0 aliphatic heterocycles. The van der Waals surface area contributed by atoms with E-state index < -0.39 is 0 Å². The number of amides is 1. The highest BCUT2D eigenvalue weighted by Gasteiger charge is 2.21. The van der Waals surface area contributed by atoms with Crippen LogP contribution in [0.4, 0.5) is 5.13 Å². The Morgan fingerprint density at radius 2 is 1.84 bits per heavy atom. The van der Waals surface area contributed by atoms with Gasteiger partial charge in [-0.3, -0.25) is 9.36 Å². The highest BCUT2D eigenvalue weighted by atomic mass is 32.2. The van der Waals surface area contributed by atoms with Gasteiger partial charge in [-0.25, -0.2) is 4.98 Å². The van der Waals surface area contributed by atoms with Gasteiger partial charge in [0.25, 0.3) is 0 Å². The maximum Gasteiger partial charge on any atom is 0.236 e. The van der Waals surface area contributed by atoms with E-state index in [1.807, 2.05) is 84.5 Å². The fourth-order valence-electron chi connectivity index (χ4n) is 2.91. The van der Waals surface area contributed by atoms with E-state index in [1.165, 1.54) is 23.1 Å². The molecule has 31 heavy (non-hydrogen) atoms. The average molecular weight is 452 g/mol. The van der Waals surface area contributed by atoms with Crippen molar-refractivity contribution in [3.8, 4) is 11.4 Å². The monoisotopic (exact) mass is 451 g/mol. The standard InChI is InChI=1S/C22H21N5O2S2/c1-15-13-30-21(23-15)24-19(28)14-31-22-26-25-20(27(22)17-9-5-3-6-10-17)16(2)29-18-11-7-4-8-12-18/h3-13,16H,14H2,1-2H3,(H,23,24,28)/t16-/m0/s1. The number of anilines is 1. The Balaban J connectivity index is 1.54. The van der Waals surface area contributed by atoms with Crippen molar-refractivity contribution < 1.29 is 9.53 Å². The summed E-state index contributed by atoms with van der Waals surface area (Å²) in [5.74, 6) is 1.47. The van der Waals surface area contributed by atoms with Gasteiger partial charge in [0, 0.05) is 11.1 Å². The molecule has 0 aliphatic carbocycles. The average Bonchev–Trinajstić information content (AvgIpc) is 3.39. The number of carbonyl (C=O) groups is 1. The summed E-state index contributed by atoms with van der Waals surface area (Å²) in [5, 5.41) is 14.7. The number of aromatic nitrogens is 4. The van der Waals surface area contributed by atoms with Crippen LogP contribution in [-0.2, 0) is 4.79 Å². The Morgan fingerprint density at radius 1 is 1.13 bits per heavy atom. The first kappa shape index (κ1) is 21.1. The van der Waals surface area contributed by atoms with Crippen LogP contribution in [0.15, 0.2) is 71.2 Å². The summed E-state index contributed by atoms with van der Waals surface area (Å²) in [7, 11) is 0. The molecule has 1 amide bonds. The topological polar surface area (TPSA) is 81.9 Å². The van der Waals surface area contributed by atoms with Crippen molar-refractivity contribution in [3.05, 3.63) is 77.6 Å². The van der Waals surface area contributed by atoms with Crippen molar-refractivity contribution >= 4 is 34.1 Å².